The van der Waals surface area contributed by atoms with Crippen molar-refractivity contribution in [2.45, 2.75) is 25.3 Å². The van der Waals surface area contributed by atoms with Crippen LogP contribution in [0.1, 0.15) is 29.6 Å². The van der Waals surface area contributed by atoms with Crippen molar-refractivity contribution in [3.63, 3.8) is 0 Å². The van der Waals surface area contributed by atoms with Crippen LogP contribution in [0.2, 0.25) is 0 Å². The Hall–Kier alpha value is -2.07. The zero-order chi connectivity index (χ0) is 15.6. The first kappa shape index (κ1) is 14.5. The Kier molecular flexibility index (Phi) is 3.92. The minimum Gasteiger partial charge on any atom is -0.472 e. The first-order chi connectivity index (χ1) is 11.3. The third-order valence-corrected chi connectivity index (χ3v) is 4.85. The van der Waals surface area contributed by atoms with Gasteiger partial charge >= 0.3 is 0 Å². The standard InChI is InChI=1S/C19H22N2O2/c22-19(21-9-2-8-20(10-11-21)18-5-6-18)16-4-1-3-15(13-16)17-7-12-23-14-17/h1,3-4,7,12-14,18H,2,5-6,8-11H2. The van der Waals surface area contributed by atoms with Gasteiger partial charge in [-0.1, -0.05) is 12.1 Å². The van der Waals surface area contributed by atoms with Crippen molar-refractivity contribution in [2.75, 3.05) is 26.2 Å². The molecule has 1 aromatic carbocycles. The van der Waals surface area contributed by atoms with Crippen molar-refractivity contribution in [3.05, 3.63) is 48.4 Å². The molecule has 4 heteroatoms. The molecule has 0 radical (unpaired) electrons. The molecule has 2 fully saturated rings. The molecule has 0 spiro atoms. The van der Waals surface area contributed by atoms with Crippen LogP contribution in [0.15, 0.2) is 47.3 Å². The van der Waals surface area contributed by atoms with E-state index >= 15 is 0 Å². The minimum absolute atomic E-state index is 0.146. The van der Waals surface area contributed by atoms with Crippen LogP contribution in [0.25, 0.3) is 11.1 Å². The second kappa shape index (κ2) is 6.20. The summed E-state index contributed by atoms with van der Waals surface area (Å²) in [6, 6.07) is 10.5. The molecule has 2 heterocycles. The van der Waals surface area contributed by atoms with E-state index in [9.17, 15) is 4.79 Å². The Balaban J connectivity index is 1.49. The van der Waals surface area contributed by atoms with Crippen molar-refractivity contribution in [3.8, 4) is 11.1 Å². The lowest BCUT2D eigenvalue weighted by Crippen LogP contribution is -2.35. The normalized spacial score (nSPS) is 19.6. The average molecular weight is 310 g/mol. The molecule has 23 heavy (non-hydrogen) atoms. The van der Waals surface area contributed by atoms with E-state index < -0.39 is 0 Å². The lowest BCUT2D eigenvalue weighted by molar-refractivity contribution is 0.0761. The summed E-state index contributed by atoms with van der Waals surface area (Å²) >= 11 is 0. The van der Waals surface area contributed by atoms with E-state index in [0.717, 1.165) is 55.3 Å². The molecule has 1 aromatic heterocycles. The molecule has 1 amide bonds. The number of hydrogen-bond donors (Lipinski definition) is 0. The molecule has 4 nitrogen and oxygen atoms in total. The average Bonchev–Trinajstić information content (AvgIpc) is 3.33. The van der Waals surface area contributed by atoms with Gasteiger partial charge in [0.1, 0.15) is 0 Å². The van der Waals surface area contributed by atoms with E-state index in [-0.39, 0.29) is 5.91 Å². The Morgan fingerprint density at radius 2 is 1.96 bits per heavy atom. The van der Waals surface area contributed by atoms with Crippen molar-refractivity contribution < 1.29 is 9.21 Å². The fraction of sp³-hybridized carbons (Fsp3) is 0.421. The maximum absolute atomic E-state index is 12.9. The molecule has 1 saturated carbocycles. The SMILES string of the molecule is O=C(c1cccc(-c2ccoc2)c1)N1CCCN(C2CC2)CC1. The van der Waals surface area contributed by atoms with Gasteiger partial charge in [-0.2, -0.15) is 0 Å². The van der Waals surface area contributed by atoms with E-state index in [2.05, 4.69) is 4.90 Å². The van der Waals surface area contributed by atoms with Crippen LogP contribution in [0.3, 0.4) is 0 Å². The Morgan fingerprint density at radius 3 is 2.74 bits per heavy atom. The maximum Gasteiger partial charge on any atom is 0.253 e. The van der Waals surface area contributed by atoms with E-state index in [1.165, 1.54) is 12.8 Å². The summed E-state index contributed by atoms with van der Waals surface area (Å²) in [6.45, 7) is 3.84. The second-order valence-corrected chi connectivity index (χ2v) is 6.51. The first-order valence-corrected chi connectivity index (χ1v) is 8.47. The number of rotatable bonds is 3. The van der Waals surface area contributed by atoms with Crippen molar-refractivity contribution in [1.29, 1.82) is 0 Å². The fourth-order valence-corrected chi connectivity index (χ4v) is 3.39. The third kappa shape index (κ3) is 3.17. The highest BCUT2D eigenvalue weighted by Crippen LogP contribution is 2.28. The molecule has 0 unspecified atom stereocenters. The van der Waals surface area contributed by atoms with Gasteiger partial charge < -0.3 is 9.32 Å². The highest BCUT2D eigenvalue weighted by Gasteiger charge is 2.30. The summed E-state index contributed by atoms with van der Waals surface area (Å²) in [5, 5.41) is 0. The van der Waals surface area contributed by atoms with Crippen LogP contribution in [-0.4, -0.2) is 47.9 Å². The molecule has 0 N–H and O–H groups in total. The van der Waals surface area contributed by atoms with Crippen LogP contribution < -0.4 is 0 Å². The van der Waals surface area contributed by atoms with Crippen LogP contribution in [-0.2, 0) is 0 Å². The summed E-state index contributed by atoms with van der Waals surface area (Å²) < 4.78 is 5.14. The van der Waals surface area contributed by atoms with E-state index in [1.54, 1.807) is 12.5 Å². The van der Waals surface area contributed by atoms with Crippen molar-refractivity contribution >= 4 is 5.91 Å². The lowest BCUT2D eigenvalue weighted by Gasteiger charge is -2.22. The molecule has 0 bridgehead atoms. The number of benzene rings is 1. The number of carbonyl (C=O) groups excluding carboxylic acids is 1. The molecule has 1 saturated heterocycles. The minimum atomic E-state index is 0.146. The van der Waals surface area contributed by atoms with Gasteiger partial charge in [-0.05, 0) is 43.0 Å². The van der Waals surface area contributed by atoms with E-state index in [4.69, 9.17) is 4.42 Å². The van der Waals surface area contributed by atoms with Gasteiger partial charge in [0.25, 0.3) is 5.91 Å². The Morgan fingerprint density at radius 1 is 1.04 bits per heavy atom. The number of amides is 1. The summed E-state index contributed by atoms with van der Waals surface area (Å²) in [6.07, 6.45) is 7.11. The summed E-state index contributed by atoms with van der Waals surface area (Å²) in [7, 11) is 0. The molecular weight excluding hydrogens is 288 g/mol. The monoisotopic (exact) mass is 310 g/mol. The van der Waals surface area contributed by atoms with Gasteiger partial charge in [0, 0.05) is 43.3 Å². The Labute approximate surface area is 136 Å². The van der Waals surface area contributed by atoms with Gasteiger partial charge in [0.2, 0.25) is 0 Å². The van der Waals surface area contributed by atoms with Crippen LogP contribution >= 0.6 is 0 Å². The highest BCUT2D eigenvalue weighted by atomic mass is 16.3. The molecule has 4 rings (SSSR count). The Bertz CT molecular complexity index is 676. The van der Waals surface area contributed by atoms with E-state index in [0.29, 0.717) is 0 Å². The third-order valence-electron chi connectivity index (χ3n) is 4.85. The van der Waals surface area contributed by atoms with Gasteiger partial charge in [-0.15, -0.1) is 0 Å². The van der Waals surface area contributed by atoms with Gasteiger partial charge in [-0.25, -0.2) is 0 Å². The first-order valence-electron chi connectivity index (χ1n) is 8.47. The van der Waals surface area contributed by atoms with Crippen LogP contribution in [0.5, 0.6) is 0 Å². The number of furan rings is 1. The second-order valence-electron chi connectivity index (χ2n) is 6.51. The molecule has 1 aliphatic carbocycles. The predicted octanol–water partition coefficient (Wildman–Crippen LogP) is 3.26. The van der Waals surface area contributed by atoms with E-state index in [1.807, 2.05) is 35.2 Å². The quantitative estimate of drug-likeness (QED) is 0.873. The number of hydrogen-bond acceptors (Lipinski definition) is 3. The summed E-state index contributed by atoms with van der Waals surface area (Å²) in [5.41, 5.74) is 2.80. The zero-order valence-electron chi connectivity index (χ0n) is 13.3. The summed E-state index contributed by atoms with van der Waals surface area (Å²) in [5.74, 6) is 0.146. The molecule has 2 aliphatic rings. The zero-order valence-corrected chi connectivity index (χ0v) is 13.3. The van der Waals surface area contributed by atoms with Crippen LogP contribution in [0.4, 0.5) is 0 Å². The smallest absolute Gasteiger partial charge is 0.253 e. The molecule has 2 aromatic rings. The molecular formula is C19H22N2O2. The maximum atomic E-state index is 12.9. The predicted molar refractivity (Wildman–Crippen MR) is 89.3 cm³/mol. The largest absolute Gasteiger partial charge is 0.472 e. The van der Waals surface area contributed by atoms with Gasteiger partial charge in [0.15, 0.2) is 0 Å². The molecule has 0 atom stereocenters. The number of carbonyl (C=O) groups is 1. The fourth-order valence-electron chi connectivity index (χ4n) is 3.39. The molecule has 1 aliphatic heterocycles. The van der Waals surface area contributed by atoms with Gasteiger partial charge in [0.05, 0.1) is 12.5 Å². The van der Waals surface area contributed by atoms with Gasteiger partial charge in [-0.3, -0.25) is 9.69 Å². The van der Waals surface area contributed by atoms with Crippen molar-refractivity contribution in [2.24, 2.45) is 0 Å². The van der Waals surface area contributed by atoms with Crippen molar-refractivity contribution in [1.82, 2.24) is 9.80 Å². The molecule has 120 valence electrons. The topological polar surface area (TPSA) is 36.7 Å². The summed E-state index contributed by atoms with van der Waals surface area (Å²) in [4.78, 5) is 17.4. The van der Waals surface area contributed by atoms with Crippen LogP contribution in [0, 0.1) is 0 Å². The highest BCUT2D eigenvalue weighted by molar-refractivity contribution is 5.95. The lowest BCUT2D eigenvalue weighted by atomic mass is 10.1. The number of nitrogens with zero attached hydrogens (tertiary/aromatic N) is 2.